The van der Waals surface area contributed by atoms with Crippen LogP contribution in [-0.4, -0.2) is 22.0 Å². The zero-order valence-corrected chi connectivity index (χ0v) is 14.6. The summed E-state index contributed by atoms with van der Waals surface area (Å²) >= 11 is 5.22. The average molecular weight is 359 g/mol. The summed E-state index contributed by atoms with van der Waals surface area (Å²) in [7, 11) is 0. The molecule has 0 radical (unpaired) electrons. The van der Waals surface area contributed by atoms with Crippen molar-refractivity contribution in [3.8, 4) is 5.75 Å². The molecule has 0 atom stereocenters. The number of thioether (sulfide) groups is 1. The molecule has 0 amide bonds. The minimum absolute atomic E-state index is 0.0753. The number of ketones is 1. The molecule has 4 heteroatoms. The Hall–Kier alpha value is -0.480. The predicted molar refractivity (Wildman–Crippen MR) is 90.5 cm³/mol. The van der Waals surface area contributed by atoms with Crippen LogP contribution in [0.2, 0.25) is 0 Å². The third-order valence-corrected chi connectivity index (χ3v) is 4.90. The third kappa shape index (κ3) is 5.13. The van der Waals surface area contributed by atoms with E-state index in [0.717, 1.165) is 34.4 Å². The van der Waals surface area contributed by atoms with Crippen molar-refractivity contribution in [2.75, 3.05) is 11.1 Å². The number of hydrogen-bond donors (Lipinski definition) is 1. The molecule has 112 valence electrons. The summed E-state index contributed by atoms with van der Waals surface area (Å²) in [6.45, 7) is 3.59. The smallest absolute Gasteiger partial charge is 0.163 e. The molecule has 1 rings (SSSR count). The van der Waals surface area contributed by atoms with E-state index in [1.807, 2.05) is 6.07 Å². The van der Waals surface area contributed by atoms with E-state index in [4.69, 9.17) is 0 Å². The van der Waals surface area contributed by atoms with Crippen LogP contribution in [0, 0.1) is 0 Å². The number of unbranched alkanes of at least 4 members (excludes halogenated alkanes) is 2. The van der Waals surface area contributed by atoms with Crippen LogP contribution in [0.4, 0.5) is 0 Å². The number of alkyl halides is 1. The fourth-order valence-electron chi connectivity index (χ4n) is 2.08. The molecule has 0 heterocycles. The molecular weight excluding hydrogens is 336 g/mol. The van der Waals surface area contributed by atoms with E-state index in [-0.39, 0.29) is 11.5 Å². The van der Waals surface area contributed by atoms with Crippen molar-refractivity contribution < 1.29 is 9.90 Å². The predicted octanol–water partition coefficient (Wildman–Crippen LogP) is 5.20. The molecule has 0 aromatic heterocycles. The molecule has 0 spiro atoms. The van der Waals surface area contributed by atoms with E-state index in [1.54, 1.807) is 17.8 Å². The number of halogens is 1. The first kappa shape index (κ1) is 17.6. The minimum Gasteiger partial charge on any atom is -0.507 e. The molecular formula is C16H23BrO2S. The van der Waals surface area contributed by atoms with Gasteiger partial charge in [-0.2, -0.15) is 0 Å². The summed E-state index contributed by atoms with van der Waals surface area (Å²) in [6.07, 6.45) is 5.38. The van der Waals surface area contributed by atoms with Gasteiger partial charge in [0.05, 0.1) is 5.56 Å². The van der Waals surface area contributed by atoms with Gasteiger partial charge < -0.3 is 5.11 Å². The highest BCUT2D eigenvalue weighted by Crippen LogP contribution is 2.34. The van der Waals surface area contributed by atoms with Crippen molar-refractivity contribution in [2.45, 2.75) is 50.8 Å². The van der Waals surface area contributed by atoms with Crippen LogP contribution in [0.3, 0.4) is 0 Å². The molecule has 0 aliphatic rings. The molecule has 0 aliphatic carbocycles. The highest BCUT2D eigenvalue weighted by molar-refractivity contribution is 9.09. The van der Waals surface area contributed by atoms with Crippen molar-refractivity contribution >= 4 is 33.5 Å². The Morgan fingerprint density at radius 1 is 1.30 bits per heavy atom. The van der Waals surface area contributed by atoms with Crippen LogP contribution < -0.4 is 0 Å². The van der Waals surface area contributed by atoms with Gasteiger partial charge in [-0.15, -0.1) is 11.8 Å². The SMILES string of the molecule is CCCc1c(SCCCCCBr)ccc(C(C)=O)c1O. The number of carbonyl (C=O) groups is 1. The van der Waals surface area contributed by atoms with Crippen LogP contribution in [-0.2, 0) is 6.42 Å². The Labute approximate surface area is 134 Å². The number of carbonyl (C=O) groups excluding carboxylic acids is 1. The second kappa shape index (κ2) is 9.46. The van der Waals surface area contributed by atoms with Gasteiger partial charge in [-0.1, -0.05) is 35.7 Å². The summed E-state index contributed by atoms with van der Waals surface area (Å²) in [6, 6.07) is 3.73. The van der Waals surface area contributed by atoms with Crippen molar-refractivity contribution in [1.29, 1.82) is 0 Å². The van der Waals surface area contributed by atoms with Gasteiger partial charge in [-0.3, -0.25) is 4.79 Å². The van der Waals surface area contributed by atoms with Crippen LogP contribution >= 0.6 is 27.7 Å². The largest absolute Gasteiger partial charge is 0.507 e. The first-order valence-electron chi connectivity index (χ1n) is 7.16. The molecule has 1 aromatic rings. The first-order valence-corrected chi connectivity index (χ1v) is 9.27. The summed E-state index contributed by atoms with van der Waals surface area (Å²) in [5, 5.41) is 11.3. The standard InChI is InChI=1S/C16H23BrO2S/c1-3-7-14-15(20-11-6-4-5-10-17)9-8-13(12(2)18)16(14)19/h8-9,19H,3-7,10-11H2,1-2H3. The molecule has 0 saturated heterocycles. The maximum atomic E-state index is 11.5. The number of benzene rings is 1. The van der Waals surface area contributed by atoms with Crippen LogP contribution in [0.25, 0.3) is 0 Å². The number of aromatic hydroxyl groups is 1. The lowest BCUT2D eigenvalue weighted by Gasteiger charge is -2.13. The van der Waals surface area contributed by atoms with E-state index in [9.17, 15) is 9.90 Å². The van der Waals surface area contributed by atoms with Crippen molar-refractivity contribution in [3.63, 3.8) is 0 Å². The van der Waals surface area contributed by atoms with Crippen LogP contribution in [0.15, 0.2) is 17.0 Å². The highest BCUT2D eigenvalue weighted by atomic mass is 79.9. The number of Topliss-reactive ketones (excluding diaryl/α,β-unsaturated/α-hetero) is 1. The second-order valence-corrected chi connectivity index (χ2v) is 6.77. The number of hydrogen-bond acceptors (Lipinski definition) is 3. The van der Waals surface area contributed by atoms with Gasteiger partial charge >= 0.3 is 0 Å². The van der Waals surface area contributed by atoms with Gasteiger partial charge in [0.1, 0.15) is 5.75 Å². The van der Waals surface area contributed by atoms with Gasteiger partial charge in [0.2, 0.25) is 0 Å². The highest BCUT2D eigenvalue weighted by Gasteiger charge is 2.14. The Kier molecular flexibility index (Phi) is 8.31. The van der Waals surface area contributed by atoms with E-state index >= 15 is 0 Å². The van der Waals surface area contributed by atoms with Crippen molar-refractivity contribution in [3.05, 3.63) is 23.3 Å². The molecule has 0 unspecified atom stereocenters. The number of phenols is 1. The van der Waals surface area contributed by atoms with Gasteiger partial charge in [-0.25, -0.2) is 0 Å². The Morgan fingerprint density at radius 3 is 2.65 bits per heavy atom. The zero-order chi connectivity index (χ0) is 15.0. The Balaban J connectivity index is 2.79. The van der Waals surface area contributed by atoms with Crippen molar-refractivity contribution in [1.82, 2.24) is 0 Å². The zero-order valence-electron chi connectivity index (χ0n) is 12.2. The minimum atomic E-state index is -0.0753. The number of phenolic OH excluding ortho intramolecular Hbond substituents is 1. The second-order valence-electron chi connectivity index (χ2n) is 4.84. The quantitative estimate of drug-likeness (QED) is 0.285. The molecule has 0 aliphatic heterocycles. The van der Waals surface area contributed by atoms with Gasteiger partial charge in [0, 0.05) is 15.8 Å². The Morgan fingerprint density at radius 2 is 2.05 bits per heavy atom. The summed E-state index contributed by atoms with van der Waals surface area (Å²) in [5.41, 5.74) is 1.38. The van der Waals surface area contributed by atoms with Gasteiger partial charge in [0.25, 0.3) is 0 Å². The lowest BCUT2D eigenvalue weighted by atomic mass is 10.0. The normalized spacial score (nSPS) is 10.8. The molecule has 2 nitrogen and oxygen atoms in total. The summed E-state index contributed by atoms with van der Waals surface area (Å²) in [4.78, 5) is 12.6. The third-order valence-electron chi connectivity index (χ3n) is 3.15. The average Bonchev–Trinajstić information content (AvgIpc) is 2.41. The topological polar surface area (TPSA) is 37.3 Å². The molecule has 1 aromatic carbocycles. The van der Waals surface area contributed by atoms with Gasteiger partial charge in [-0.05, 0) is 44.1 Å². The summed E-state index contributed by atoms with van der Waals surface area (Å²) < 4.78 is 0. The summed E-state index contributed by atoms with van der Waals surface area (Å²) in [5.74, 6) is 1.17. The molecule has 0 saturated carbocycles. The van der Waals surface area contributed by atoms with E-state index in [2.05, 4.69) is 22.9 Å². The molecule has 20 heavy (non-hydrogen) atoms. The fourth-order valence-corrected chi connectivity index (χ4v) is 3.59. The lowest BCUT2D eigenvalue weighted by Crippen LogP contribution is -1.98. The van der Waals surface area contributed by atoms with Crippen LogP contribution in [0.1, 0.15) is 55.5 Å². The van der Waals surface area contributed by atoms with E-state index in [0.29, 0.717) is 5.56 Å². The first-order chi connectivity index (χ1) is 9.61. The molecule has 1 N–H and O–H groups in total. The van der Waals surface area contributed by atoms with Crippen molar-refractivity contribution in [2.24, 2.45) is 0 Å². The monoisotopic (exact) mass is 358 g/mol. The van der Waals surface area contributed by atoms with Gasteiger partial charge in [0.15, 0.2) is 5.78 Å². The molecule has 0 fully saturated rings. The lowest BCUT2D eigenvalue weighted by molar-refractivity contribution is 0.101. The van der Waals surface area contributed by atoms with E-state index < -0.39 is 0 Å². The Bertz CT molecular complexity index is 446. The fraction of sp³-hybridized carbons (Fsp3) is 0.562. The maximum Gasteiger partial charge on any atom is 0.163 e. The van der Waals surface area contributed by atoms with E-state index in [1.165, 1.54) is 26.2 Å². The van der Waals surface area contributed by atoms with Crippen LogP contribution in [0.5, 0.6) is 5.75 Å². The maximum absolute atomic E-state index is 11.5. The molecule has 0 bridgehead atoms. The number of rotatable bonds is 9.